The standard InChI is InChI=1S/C15H19FN2O/c1-2-10-17-14(19)11-18-15(8-3-9-15)12-4-6-13(16)7-5-12/h2,4-7,18H,1,3,8-11H2,(H,17,19). The second kappa shape index (κ2) is 5.97. The van der Waals surface area contributed by atoms with Crippen LogP contribution in [0, 0.1) is 5.82 Å². The van der Waals surface area contributed by atoms with Crippen molar-refractivity contribution in [3.63, 3.8) is 0 Å². The molecule has 0 atom stereocenters. The normalized spacial score (nSPS) is 16.5. The first kappa shape index (κ1) is 13.7. The summed E-state index contributed by atoms with van der Waals surface area (Å²) < 4.78 is 13.0. The third kappa shape index (κ3) is 3.20. The molecule has 0 radical (unpaired) electrons. The van der Waals surface area contributed by atoms with Crippen LogP contribution in [0.25, 0.3) is 0 Å². The second-order valence-electron chi connectivity index (χ2n) is 4.89. The number of carbonyl (C=O) groups is 1. The molecule has 102 valence electrons. The number of halogens is 1. The zero-order chi connectivity index (χ0) is 13.7. The van der Waals surface area contributed by atoms with E-state index in [-0.39, 0.29) is 23.8 Å². The van der Waals surface area contributed by atoms with Crippen LogP contribution in [0.5, 0.6) is 0 Å². The smallest absolute Gasteiger partial charge is 0.234 e. The molecule has 0 aliphatic heterocycles. The Balaban J connectivity index is 1.97. The topological polar surface area (TPSA) is 41.1 Å². The molecule has 0 unspecified atom stereocenters. The van der Waals surface area contributed by atoms with Gasteiger partial charge in [0.15, 0.2) is 0 Å². The van der Waals surface area contributed by atoms with Crippen LogP contribution in [-0.4, -0.2) is 19.0 Å². The lowest BCUT2D eigenvalue weighted by Crippen LogP contribution is -2.51. The van der Waals surface area contributed by atoms with Crippen LogP contribution in [0.2, 0.25) is 0 Å². The minimum Gasteiger partial charge on any atom is -0.352 e. The van der Waals surface area contributed by atoms with Gasteiger partial charge in [0, 0.05) is 12.1 Å². The quantitative estimate of drug-likeness (QED) is 0.771. The fourth-order valence-electron chi connectivity index (χ4n) is 2.36. The van der Waals surface area contributed by atoms with Crippen LogP contribution in [0.1, 0.15) is 24.8 Å². The molecule has 1 aliphatic carbocycles. The van der Waals surface area contributed by atoms with Crippen LogP contribution in [0.3, 0.4) is 0 Å². The molecule has 4 heteroatoms. The molecule has 0 saturated heterocycles. The van der Waals surface area contributed by atoms with Gasteiger partial charge >= 0.3 is 0 Å². The van der Waals surface area contributed by atoms with Gasteiger partial charge in [-0.25, -0.2) is 4.39 Å². The van der Waals surface area contributed by atoms with Crippen molar-refractivity contribution in [2.24, 2.45) is 0 Å². The van der Waals surface area contributed by atoms with Gasteiger partial charge in [0.05, 0.1) is 6.54 Å². The summed E-state index contributed by atoms with van der Waals surface area (Å²) in [5, 5.41) is 6.04. The minimum atomic E-state index is -0.234. The number of hydrogen-bond donors (Lipinski definition) is 2. The van der Waals surface area contributed by atoms with Crippen molar-refractivity contribution < 1.29 is 9.18 Å². The van der Waals surface area contributed by atoms with Crippen molar-refractivity contribution >= 4 is 5.91 Å². The van der Waals surface area contributed by atoms with Gasteiger partial charge in [-0.05, 0) is 37.0 Å². The summed E-state index contributed by atoms with van der Waals surface area (Å²) in [5.41, 5.74) is 0.885. The van der Waals surface area contributed by atoms with Gasteiger partial charge in [-0.1, -0.05) is 18.2 Å². The van der Waals surface area contributed by atoms with Crippen molar-refractivity contribution in [1.29, 1.82) is 0 Å². The summed E-state index contributed by atoms with van der Waals surface area (Å²) in [5.74, 6) is -0.282. The summed E-state index contributed by atoms with van der Waals surface area (Å²) in [6.45, 7) is 4.30. The molecule has 0 heterocycles. The van der Waals surface area contributed by atoms with Crippen LogP contribution in [0.15, 0.2) is 36.9 Å². The number of nitrogens with one attached hydrogen (secondary N) is 2. The van der Waals surface area contributed by atoms with Gasteiger partial charge in [0.1, 0.15) is 5.82 Å². The average molecular weight is 262 g/mol. The van der Waals surface area contributed by atoms with Gasteiger partial charge in [0.25, 0.3) is 0 Å². The lowest BCUT2D eigenvalue weighted by Gasteiger charge is -2.43. The molecule has 1 amide bonds. The Bertz CT molecular complexity index is 452. The molecule has 1 aromatic carbocycles. The molecule has 3 nitrogen and oxygen atoms in total. The Morgan fingerprint density at radius 1 is 1.37 bits per heavy atom. The Kier molecular flexibility index (Phi) is 4.32. The monoisotopic (exact) mass is 262 g/mol. The third-order valence-corrected chi connectivity index (χ3v) is 3.63. The molecule has 1 fully saturated rings. The van der Waals surface area contributed by atoms with Crippen LogP contribution < -0.4 is 10.6 Å². The lowest BCUT2D eigenvalue weighted by atomic mass is 9.72. The summed E-state index contributed by atoms with van der Waals surface area (Å²) in [4.78, 5) is 11.6. The van der Waals surface area contributed by atoms with Gasteiger partial charge in [-0.2, -0.15) is 0 Å². The first-order chi connectivity index (χ1) is 9.16. The number of hydrogen-bond acceptors (Lipinski definition) is 2. The zero-order valence-electron chi connectivity index (χ0n) is 10.9. The number of amides is 1. The molecule has 0 aromatic heterocycles. The molecular formula is C15H19FN2O. The summed E-state index contributed by atoms with van der Waals surface area (Å²) >= 11 is 0. The third-order valence-electron chi connectivity index (χ3n) is 3.63. The molecule has 19 heavy (non-hydrogen) atoms. The maximum Gasteiger partial charge on any atom is 0.234 e. The largest absolute Gasteiger partial charge is 0.352 e. The molecule has 1 aromatic rings. The van der Waals surface area contributed by atoms with E-state index in [0.717, 1.165) is 24.8 Å². The summed E-state index contributed by atoms with van der Waals surface area (Å²) in [6.07, 6.45) is 4.73. The molecular weight excluding hydrogens is 243 g/mol. The maximum atomic E-state index is 13.0. The van der Waals surface area contributed by atoms with Crippen molar-refractivity contribution in [3.05, 3.63) is 48.3 Å². The van der Waals surface area contributed by atoms with Crippen molar-refractivity contribution in [2.45, 2.75) is 24.8 Å². The van der Waals surface area contributed by atoms with E-state index < -0.39 is 0 Å². The molecule has 1 aliphatic rings. The highest BCUT2D eigenvalue weighted by Crippen LogP contribution is 2.41. The molecule has 0 spiro atoms. The van der Waals surface area contributed by atoms with Crippen molar-refractivity contribution in [2.75, 3.05) is 13.1 Å². The Hall–Kier alpha value is -1.68. The highest BCUT2D eigenvalue weighted by molar-refractivity contribution is 5.78. The van der Waals surface area contributed by atoms with E-state index in [2.05, 4.69) is 17.2 Å². The Morgan fingerprint density at radius 2 is 2.05 bits per heavy atom. The zero-order valence-corrected chi connectivity index (χ0v) is 10.9. The van der Waals surface area contributed by atoms with Crippen molar-refractivity contribution in [1.82, 2.24) is 10.6 Å². The van der Waals surface area contributed by atoms with Gasteiger partial charge in [-0.3, -0.25) is 10.1 Å². The number of carbonyl (C=O) groups excluding carboxylic acids is 1. The molecule has 0 bridgehead atoms. The second-order valence-corrected chi connectivity index (χ2v) is 4.89. The van der Waals surface area contributed by atoms with Crippen LogP contribution in [0.4, 0.5) is 4.39 Å². The lowest BCUT2D eigenvalue weighted by molar-refractivity contribution is -0.120. The number of benzene rings is 1. The van der Waals surface area contributed by atoms with E-state index in [0.29, 0.717) is 6.54 Å². The molecule has 2 N–H and O–H groups in total. The summed E-state index contributed by atoms with van der Waals surface area (Å²) in [6, 6.07) is 6.52. The highest BCUT2D eigenvalue weighted by Gasteiger charge is 2.38. The Labute approximate surface area is 112 Å². The predicted octanol–water partition coefficient (Wildman–Crippen LogP) is 2.10. The first-order valence-corrected chi connectivity index (χ1v) is 6.55. The summed E-state index contributed by atoms with van der Waals surface area (Å²) in [7, 11) is 0. The Morgan fingerprint density at radius 3 is 2.58 bits per heavy atom. The van der Waals surface area contributed by atoms with Gasteiger partial charge in [-0.15, -0.1) is 6.58 Å². The highest BCUT2D eigenvalue weighted by atomic mass is 19.1. The fraction of sp³-hybridized carbons (Fsp3) is 0.400. The first-order valence-electron chi connectivity index (χ1n) is 6.55. The average Bonchev–Trinajstić information content (AvgIpc) is 2.37. The number of rotatable bonds is 6. The SMILES string of the molecule is C=CCNC(=O)CNC1(c2ccc(F)cc2)CCC1. The van der Waals surface area contributed by atoms with Crippen LogP contribution in [-0.2, 0) is 10.3 Å². The van der Waals surface area contributed by atoms with E-state index in [1.165, 1.54) is 12.1 Å². The fourth-order valence-corrected chi connectivity index (χ4v) is 2.36. The van der Waals surface area contributed by atoms with E-state index in [9.17, 15) is 9.18 Å². The van der Waals surface area contributed by atoms with E-state index in [1.807, 2.05) is 0 Å². The van der Waals surface area contributed by atoms with E-state index in [1.54, 1.807) is 18.2 Å². The maximum absolute atomic E-state index is 13.0. The minimum absolute atomic E-state index is 0.0479. The van der Waals surface area contributed by atoms with Gasteiger partial charge in [0.2, 0.25) is 5.91 Å². The van der Waals surface area contributed by atoms with E-state index in [4.69, 9.17) is 0 Å². The molecule has 2 rings (SSSR count). The van der Waals surface area contributed by atoms with E-state index >= 15 is 0 Å². The van der Waals surface area contributed by atoms with Crippen molar-refractivity contribution in [3.8, 4) is 0 Å². The predicted molar refractivity (Wildman–Crippen MR) is 73.1 cm³/mol. The molecule has 1 saturated carbocycles. The van der Waals surface area contributed by atoms with Gasteiger partial charge < -0.3 is 5.32 Å². The van der Waals surface area contributed by atoms with Crippen LogP contribution >= 0.6 is 0 Å².